The molecule has 3 nitrogen and oxygen atoms in total. The van der Waals surface area contributed by atoms with Crippen LogP contribution in [0.2, 0.25) is 0 Å². The molecule has 0 fully saturated rings. The topological polar surface area (TPSA) is 43.4 Å². The second-order valence-corrected chi connectivity index (χ2v) is 6.21. The van der Waals surface area contributed by atoms with Gasteiger partial charge in [-0.15, -0.1) is 6.58 Å². The average molecular weight is 275 g/mol. The number of rotatable bonds is 6. The minimum absolute atomic E-state index is 0.0927. The van der Waals surface area contributed by atoms with Crippen molar-refractivity contribution in [2.24, 2.45) is 0 Å². The Morgan fingerprint density at radius 1 is 1.47 bits per heavy atom. The zero-order valence-corrected chi connectivity index (χ0v) is 11.2. The van der Waals surface area contributed by atoms with Crippen molar-refractivity contribution in [3.05, 3.63) is 36.4 Å². The quantitative estimate of drug-likeness (QED) is 0.454. The van der Waals surface area contributed by atoms with Crippen molar-refractivity contribution >= 4 is 19.7 Å². The summed E-state index contributed by atoms with van der Waals surface area (Å²) < 4.78 is 27.7. The lowest BCUT2D eigenvalue weighted by Crippen LogP contribution is -1.99. The summed E-state index contributed by atoms with van der Waals surface area (Å²) in [5, 5.41) is 0. The molecule has 0 heterocycles. The zero-order chi connectivity index (χ0) is 12.9. The molecule has 1 aromatic carbocycles. The van der Waals surface area contributed by atoms with Crippen molar-refractivity contribution in [2.45, 2.75) is 24.7 Å². The summed E-state index contributed by atoms with van der Waals surface area (Å²) in [4.78, 5) is 0.0927. The molecule has 0 aromatic heterocycles. The summed E-state index contributed by atoms with van der Waals surface area (Å²) in [5.74, 6) is 0.679. The number of unbranched alkanes of at least 4 members (excludes halogenated alkanes) is 1. The molecule has 5 heteroatoms. The molecule has 0 atom stereocenters. The van der Waals surface area contributed by atoms with Gasteiger partial charge in [-0.25, -0.2) is 8.42 Å². The number of benzene rings is 1. The lowest BCUT2D eigenvalue weighted by molar-refractivity contribution is 0.310. The van der Waals surface area contributed by atoms with Gasteiger partial charge in [0.15, 0.2) is 0 Å². The molecule has 0 unspecified atom stereocenters. The van der Waals surface area contributed by atoms with Gasteiger partial charge < -0.3 is 4.74 Å². The van der Waals surface area contributed by atoms with E-state index < -0.39 is 9.05 Å². The van der Waals surface area contributed by atoms with Gasteiger partial charge in [0.05, 0.1) is 11.5 Å². The van der Waals surface area contributed by atoms with Gasteiger partial charge in [0.25, 0.3) is 9.05 Å². The Hall–Kier alpha value is -1.00. The second-order valence-electron chi connectivity index (χ2n) is 3.64. The molecular formula is C12H15ClO3S. The fourth-order valence-corrected chi connectivity index (χ4v) is 2.18. The summed E-state index contributed by atoms with van der Waals surface area (Å²) in [6.45, 7) is 5.99. The Labute approximate surface area is 106 Å². The SMILES string of the molecule is C=CCCCOc1ccc(S(=O)(=O)Cl)cc1C. The Bertz CT molecular complexity index is 494. The number of halogens is 1. The summed E-state index contributed by atoms with van der Waals surface area (Å²) >= 11 is 0. The van der Waals surface area contributed by atoms with E-state index in [2.05, 4.69) is 6.58 Å². The molecule has 0 aliphatic heterocycles. The van der Waals surface area contributed by atoms with Crippen molar-refractivity contribution in [1.82, 2.24) is 0 Å². The Morgan fingerprint density at radius 3 is 2.71 bits per heavy atom. The summed E-state index contributed by atoms with van der Waals surface area (Å²) in [7, 11) is 1.58. The third-order valence-electron chi connectivity index (χ3n) is 2.24. The molecule has 0 radical (unpaired) electrons. The van der Waals surface area contributed by atoms with Crippen molar-refractivity contribution in [2.75, 3.05) is 6.61 Å². The molecule has 0 saturated carbocycles. The highest BCUT2D eigenvalue weighted by Gasteiger charge is 2.11. The van der Waals surface area contributed by atoms with E-state index in [9.17, 15) is 8.42 Å². The Kier molecular flexibility index (Phi) is 5.02. The standard InChI is InChI=1S/C12H15ClO3S/c1-3-4-5-8-16-12-7-6-11(9-10(12)2)17(13,14)15/h3,6-7,9H,1,4-5,8H2,2H3. The van der Waals surface area contributed by atoms with E-state index in [4.69, 9.17) is 15.4 Å². The highest BCUT2D eigenvalue weighted by molar-refractivity contribution is 8.13. The van der Waals surface area contributed by atoms with E-state index in [1.54, 1.807) is 13.0 Å². The van der Waals surface area contributed by atoms with Gasteiger partial charge in [0, 0.05) is 10.7 Å². The number of hydrogen-bond donors (Lipinski definition) is 0. The monoisotopic (exact) mass is 274 g/mol. The van der Waals surface area contributed by atoms with Crippen molar-refractivity contribution in [3.63, 3.8) is 0 Å². The molecule has 0 aliphatic carbocycles. The van der Waals surface area contributed by atoms with Crippen LogP contribution in [-0.2, 0) is 9.05 Å². The van der Waals surface area contributed by atoms with Crippen LogP contribution in [0.15, 0.2) is 35.7 Å². The van der Waals surface area contributed by atoms with Crippen LogP contribution in [0, 0.1) is 6.92 Å². The summed E-state index contributed by atoms with van der Waals surface area (Å²) in [6.07, 6.45) is 3.62. The van der Waals surface area contributed by atoms with Crippen molar-refractivity contribution in [1.29, 1.82) is 0 Å². The molecule has 17 heavy (non-hydrogen) atoms. The van der Waals surface area contributed by atoms with E-state index in [1.807, 2.05) is 6.08 Å². The van der Waals surface area contributed by atoms with Crippen LogP contribution in [0.3, 0.4) is 0 Å². The first kappa shape index (κ1) is 14.1. The predicted octanol–water partition coefficient (Wildman–Crippen LogP) is 3.27. The molecule has 0 spiro atoms. The smallest absolute Gasteiger partial charge is 0.261 e. The molecule has 0 amide bonds. The van der Waals surface area contributed by atoms with Gasteiger partial charge in [-0.3, -0.25) is 0 Å². The fraction of sp³-hybridized carbons (Fsp3) is 0.333. The van der Waals surface area contributed by atoms with Gasteiger partial charge in [0.2, 0.25) is 0 Å². The van der Waals surface area contributed by atoms with Crippen molar-refractivity contribution < 1.29 is 13.2 Å². The maximum absolute atomic E-state index is 11.1. The van der Waals surface area contributed by atoms with Gasteiger partial charge in [0.1, 0.15) is 5.75 Å². The lowest BCUT2D eigenvalue weighted by atomic mass is 10.2. The van der Waals surface area contributed by atoms with Gasteiger partial charge in [-0.05, 0) is 43.5 Å². The van der Waals surface area contributed by atoms with E-state index in [0.717, 1.165) is 18.4 Å². The molecule has 1 aromatic rings. The minimum atomic E-state index is -3.67. The molecule has 0 N–H and O–H groups in total. The molecule has 0 aliphatic rings. The predicted molar refractivity (Wildman–Crippen MR) is 69.1 cm³/mol. The first-order chi connectivity index (χ1) is 7.95. The largest absolute Gasteiger partial charge is 0.493 e. The molecule has 94 valence electrons. The Balaban J connectivity index is 2.73. The molecule has 1 rings (SSSR count). The van der Waals surface area contributed by atoms with Gasteiger partial charge >= 0.3 is 0 Å². The first-order valence-electron chi connectivity index (χ1n) is 5.24. The highest BCUT2D eigenvalue weighted by Crippen LogP contribution is 2.23. The normalized spacial score (nSPS) is 11.2. The lowest BCUT2D eigenvalue weighted by Gasteiger charge is -2.09. The van der Waals surface area contributed by atoms with Crippen LogP contribution < -0.4 is 4.74 Å². The number of hydrogen-bond acceptors (Lipinski definition) is 3. The van der Waals surface area contributed by atoms with Gasteiger partial charge in [-0.1, -0.05) is 6.08 Å². The zero-order valence-electron chi connectivity index (χ0n) is 9.65. The molecule has 0 saturated heterocycles. The number of aryl methyl sites for hydroxylation is 1. The van der Waals surface area contributed by atoms with Crippen LogP contribution in [0.1, 0.15) is 18.4 Å². The van der Waals surface area contributed by atoms with Crippen LogP contribution in [0.5, 0.6) is 5.75 Å². The maximum atomic E-state index is 11.1. The van der Waals surface area contributed by atoms with Crippen LogP contribution >= 0.6 is 10.7 Å². The third kappa shape index (κ3) is 4.40. The third-order valence-corrected chi connectivity index (χ3v) is 3.59. The van der Waals surface area contributed by atoms with Crippen LogP contribution in [0.25, 0.3) is 0 Å². The van der Waals surface area contributed by atoms with E-state index in [1.165, 1.54) is 12.1 Å². The minimum Gasteiger partial charge on any atom is -0.493 e. The average Bonchev–Trinajstić information content (AvgIpc) is 2.24. The van der Waals surface area contributed by atoms with E-state index >= 15 is 0 Å². The van der Waals surface area contributed by atoms with Crippen LogP contribution in [-0.4, -0.2) is 15.0 Å². The molecule has 0 bridgehead atoms. The van der Waals surface area contributed by atoms with Crippen LogP contribution in [0.4, 0.5) is 0 Å². The summed E-state index contributed by atoms with van der Waals surface area (Å²) in [5.41, 5.74) is 0.755. The number of ether oxygens (including phenoxy) is 1. The Morgan fingerprint density at radius 2 is 2.18 bits per heavy atom. The maximum Gasteiger partial charge on any atom is 0.261 e. The number of allylic oxidation sites excluding steroid dienone is 1. The molecular weight excluding hydrogens is 260 g/mol. The second kappa shape index (κ2) is 6.07. The summed E-state index contributed by atoms with van der Waals surface area (Å²) in [6, 6.07) is 4.57. The van der Waals surface area contributed by atoms with E-state index in [0.29, 0.717) is 12.4 Å². The van der Waals surface area contributed by atoms with Gasteiger partial charge in [-0.2, -0.15) is 0 Å². The van der Waals surface area contributed by atoms with Crippen molar-refractivity contribution in [3.8, 4) is 5.75 Å². The highest BCUT2D eigenvalue weighted by atomic mass is 35.7. The van der Waals surface area contributed by atoms with E-state index in [-0.39, 0.29) is 4.90 Å². The first-order valence-corrected chi connectivity index (χ1v) is 7.55. The fourth-order valence-electron chi connectivity index (χ4n) is 1.35.